The maximum atomic E-state index is 13.7. The van der Waals surface area contributed by atoms with Crippen LogP contribution in [0.15, 0.2) is 24.3 Å². The topological polar surface area (TPSA) is 78.4 Å². The number of hydrogen-bond donors (Lipinski definition) is 3. The number of carbonyl (C=O) groups is 2. The molecule has 0 aliphatic heterocycles. The second-order valence-electron chi connectivity index (χ2n) is 6.55. The standard InChI is InChI=1S/C17H23FN2O3/c1-11(2)14(16(23)19-9-17(10-21)7-8-17)20-15(22)12-5-3-4-6-13(12)18/h3-6,11,14,21H,7-10H2,1-2H3,(H,19,23)(H,20,22). The molecular weight excluding hydrogens is 299 g/mol. The number of hydrogen-bond acceptors (Lipinski definition) is 3. The second-order valence-corrected chi connectivity index (χ2v) is 6.55. The molecule has 1 fully saturated rings. The molecule has 1 unspecified atom stereocenters. The maximum Gasteiger partial charge on any atom is 0.254 e. The molecule has 1 aliphatic rings. The van der Waals surface area contributed by atoms with Gasteiger partial charge in [0.1, 0.15) is 11.9 Å². The minimum absolute atomic E-state index is 0.0429. The quantitative estimate of drug-likeness (QED) is 0.711. The summed E-state index contributed by atoms with van der Waals surface area (Å²) in [5, 5.41) is 14.7. The van der Waals surface area contributed by atoms with Gasteiger partial charge in [-0.3, -0.25) is 9.59 Å². The summed E-state index contributed by atoms with van der Waals surface area (Å²) in [5.74, 6) is -1.69. The van der Waals surface area contributed by atoms with E-state index in [9.17, 15) is 19.1 Å². The first kappa shape index (κ1) is 17.4. The highest BCUT2D eigenvalue weighted by molar-refractivity contribution is 5.97. The van der Waals surface area contributed by atoms with Crippen molar-refractivity contribution in [1.29, 1.82) is 0 Å². The van der Waals surface area contributed by atoms with Crippen LogP contribution in [0.2, 0.25) is 0 Å². The molecule has 0 saturated heterocycles. The molecule has 0 spiro atoms. The molecule has 0 aromatic heterocycles. The van der Waals surface area contributed by atoms with Crippen molar-refractivity contribution >= 4 is 11.8 Å². The average Bonchev–Trinajstić information content (AvgIpc) is 3.31. The predicted octanol–water partition coefficient (Wildman–Crippen LogP) is 1.47. The van der Waals surface area contributed by atoms with E-state index in [1.165, 1.54) is 18.2 Å². The van der Waals surface area contributed by atoms with Crippen LogP contribution in [0, 0.1) is 17.2 Å². The van der Waals surface area contributed by atoms with E-state index in [0.29, 0.717) is 6.54 Å². The molecule has 1 aliphatic carbocycles. The van der Waals surface area contributed by atoms with Gasteiger partial charge in [0.15, 0.2) is 0 Å². The van der Waals surface area contributed by atoms with Gasteiger partial charge in [0.05, 0.1) is 12.2 Å². The zero-order chi connectivity index (χ0) is 17.0. The van der Waals surface area contributed by atoms with Crippen LogP contribution < -0.4 is 10.6 Å². The fourth-order valence-electron chi connectivity index (χ4n) is 2.35. The minimum atomic E-state index is -0.753. The molecule has 1 aromatic carbocycles. The van der Waals surface area contributed by atoms with E-state index in [1.807, 2.05) is 13.8 Å². The van der Waals surface area contributed by atoms with Crippen molar-refractivity contribution in [3.8, 4) is 0 Å². The Bertz CT molecular complexity index is 585. The number of rotatable bonds is 7. The summed E-state index contributed by atoms with van der Waals surface area (Å²) in [6.07, 6.45) is 1.77. The largest absolute Gasteiger partial charge is 0.396 e. The smallest absolute Gasteiger partial charge is 0.254 e. The van der Waals surface area contributed by atoms with E-state index in [2.05, 4.69) is 10.6 Å². The van der Waals surface area contributed by atoms with Gasteiger partial charge in [0, 0.05) is 12.0 Å². The number of benzene rings is 1. The van der Waals surface area contributed by atoms with Crippen LogP contribution >= 0.6 is 0 Å². The van der Waals surface area contributed by atoms with Crippen LogP contribution in [-0.4, -0.2) is 36.1 Å². The third-order valence-electron chi connectivity index (χ3n) is 4.28. The Hall–Kier alpha value is -1.95. The average molecular weight is 322 g/mol. The normalized spacial score (nSPS) is 16.7. The maximum absolute atomic E-state index is 13.7. The molecule has 2 rings (SSSR count). The minimum Gasteiger partial charge on any atom is -0.396 e. The lowest BCUT2D eigenvalue weighted by Gasteiger charge is -2.23. The molecule has 1 aromatic rings. The molecule has 5 nitrogen and oxygen atoms in total. The Labute approximate surface area is 135 Å². The van der Waals surface area contributed by atoms with Crippen LogP contribution in [0.25, 0.3) is 0 Å². The second kappa shape index (κ2) is 7.08. The summed E-state index contributed by atoms with van der Waals surface area (Å²) in [6.45, 7) is 4.05. The zero-order valence-electron chi connectivity index (χ0n) is 13.4. The van der Waals surface area contributed by atoms with E-state index in [-0.39, 0.29) is 29.4 Å². The van der Waals surface area contributed by atoms with Crippen molar-refractivity contribution in [2.45, 2.75) is 32.7 Å². The number of aliphatic hydroxyl groups excluding tert-OH is 1. The lowest BCUT2D eigenvalue weighted by Crippen LogP contribution is -2.51. The first-order valence-corrected chi connectivity index (χ1v) is 7.82. The summed E-state index contributed by atoms with van der Waals surface area (Å²) >= 11 is 0. The summed E-state index contributed by atoms with van der Waals surface area (Å²) in [4.78, 5) is 24.5. The van der Waals surface area contributed by atoms with Gasteiger partial charge in [-0.1, -0.05) is 26.0 Å². The number of carbonyl (C=O) groups excluding carboxylic acids is 2. The molecule has 3 N–H and O–H groups in total. The van der Waals surface area contributed by atoms with Crippen molar-refractivity contribution in [3.05, 3.63) is 35.6 Å². The fraction of sp³-hybridized carbons (Fsp3) is 0.529. The summed E-state index contributed by atoms with van der Waals surface area (Å²) in [5.41, 5.74) is -0.285. The van der Waals surface area contributed by atoms with Gasteiger partial charge in [-0.25, -0.2) is 4.39 Å². The third-order valence-corrected chi connectivity index (χ3v) is 4.28. The Morgan fingerprint density at radius 1 is 1.30 bits per heavy atom. The van der Waals surface area contributed by atoms with E-state index < -0.39 is 17.8 Å². The Balaban J connectivity index is 1.99. The Morgan fingerprint density at radius 3 is 2.48 bits per heavy atom. The molecule has 126 valence electrons. The SMILES string of the molecule is CC(C)C(NC(=O)c1ccccc1F)C(=O)NCC1(CO)CC1. The van der Waals surface area contributed by atoms with Gasteiger partial charge in [-0.2, -0.15) is 0 Å². The van der Waals surface area contributed by atoms with Gasteiger partial charge in [0.2, 0.25) is 5.91 Å². The van der Waals surface area contributed by atoms with E-state index in [0.717, 1.165) is 12.8 Å². The summed E-state index contributed by atoms with van der Waals surface area (Å²) < 4.78 is 13.7. The van der Waals surface area contributed by atoms with Gasteiger partial charge in [0.25, 0.3) is 5.91 Å². The highest BCUT2D eigenvalue weighted by Crippen LogP contribution is 2.44. The van der Waals surface area contributed by atoms with Crippen LogP contribution in [0.3, 0.4) is 0 Å². The third kappa shape index (κ3) is 4.28. The molecule has 2 amide bonds. The number of aliphatic hydroxyl groups is 1. The monoisotopic (exact) mass is 322 g/mol. The number of amides is 2. The molecule has 0 radical (unpaired) electrons. The van der Waals surface area contributed by atoms with E-state index in [1.54, 1.807) is 6.07 Å². The Kier molecular flexibility index (Phi) is 5.36. The van der Waals surface area contributed by atoms with Crippen LogP contribution in [0.5, 0.6) is 0 Å². The highest BCUT2D eigenvalue weighted by atomic mass is 19.1. The van der Waals surface area contributed by atoms with E-state index in [4.69, 9.17) is 0 Å². The fourth-order valence-corrected chi connectivity index (χ4v) is 2.35. The molecule has 0 bridgehead atoms. The zero-order valence-corrected chi connectivity index (χ0v) is 13.4. The van der Waals surface area contributed by atoms with Crippen molar-refractivity contribution in [2.24, 2.45) is 11.3 Å². The summed E-state index contributed by atoms with van der Waals surface area (Å²) in [7, 11) is 0. The summed E-state index contributed by atoms with van der Waals surface area (Å²) in [6, 6.07) is 4.91. The van der Waals surface area contributed by atoms with Crippen LogP contribution in [-0.2, 0) is 4.79 Å². The van der Waals surface area contributed by atoms with Gasteiger partial charge in [-0.15, -0.1) is 0 Å². The van der Waals surface area contributed by atoms with Crippen molar-refractivity contribution < 1.29 is 19.1 Å². The lowest BCUT2D eigenvalue weighted by molar-refractivity contribution is -0.124. The predicted molar refractivity (Wildman–Crippen MR) is 84.3 cm³/mol. The molecule has 1 saturated carbocycles. The van der Waals surface area contributed by atoms with Gasteiger partial charge < -0.3 is 15.7 Å². The van der Waals surface area contributed by atoms with Gasteiger partial charge >= 0.3 is 0 Å². The van der Waals surface area contributed by atoms with Crippen molar-refractivity contribution in [3.63, 3.8) is 0 Å². The highest BCUT2D eigenvalue weighted by Gasteiger charge is 2.42. The first-order valence-electron chi connectivity index (χ1n) is 7.82. The first-order chi connectivity index (χ1) is 10.9. The number of nitrogens with one attached hydrogen (secondary N) is 2. The van der Waals surface area contributed by atoms with Crippen molar-refractivity contribution in [1.82, 2.24) is 10.6 Å². The molecule has 0 heterocycles. The molecule has 6 heteroatoms. The van der Waals surface area contributed by atoms with Crippen LogP contribution in [0.1, 0.15) is 37.0 Å². The van der Waals surface area contributed by atoms with Gasteiger partial charge in [-0.05, 0) is 30.9 Å². The van der Waals surface area contributed by atoms with Crippen LogP contribution in [0.4, 0.5) is 4.39 Å². The van der Waals surface area contributed by atoms with Crippen molar-refractivity contribution in [2.75, 3.05) is 13.2 Å². The number of halogens is 1. The molecule has 1 atom stereocenters. The molecular formula is C17H23FN2O3. The lowest BCUT2D eigenvalue weighted by atomic mass is 10.0. The van der Waals surface area contributed by atoms with E-state index >= 15 is 0 Å². The Morgan fingerprint density at radius 2 is 1.96 bits per heavy atom. The molecule has 23 heavy (non-hydrogen) atoms.